The lowest BCUT2D eigenvalue weighted by Crippen LogP contribution is -2.64. The van der Waals surface area contributed by atoms with Crippen LogP contribution in [0, 0.1) is 39.9 Å². The summed E-state index contributed by atoms with van der Waals surface area (Å²) < 4.78 is 5.89. The molecule has 0 saturated heterocycles. The standard InChI is InChI=1S/C31H46N2O6/c1-17(2)9-8-10-20(28(35)36)26-22-15-24(33-38)27-29(5)13-12-23(32-37)18(3)21(29)11-14-30(27,6)31(22,7)16-25(26)39-19(4)34/h9,18,21-22,25,27,37-38H,8,10-16H2,1-7H3,(H,35,36)/b26-20-,32-23?,33-24?/t18-,21?,22+,25-,27+,29-,30-,31-/m0/s1. The molecule has 0 amide bonds. The van der Waals surface area contributed by atoms with Crippen LogP contribution in [-0.2, 0) is 14.3 Å². The molecule has 4 rings (SSSR count). The first kappa shape index (κ1) is 29.3. The van der Waals surface area contributed by atoms with Crippen molar-refractivity contribution >= 4 is 23.4 Å². The molecule has 0 aromatic heterocycles. The van der Waals surface area contributed by atoms with Gasteiger partial charge < -0.3 is 20.3 Å². The predicted octanol–water partition coefficient (Wildman–Crippen LogP) is 6.60. The fourth-order valence-corrected chi connectivity index (χ4v) is 9.57. The van der Waals surface area contributed by atoms with Crippen molar-refractivity contribution in [1.29, 1.82) is 0 Å². The number of hydrogen-bond acceptors (Lipinski definition) is 7. The molecule has 4 fully saturated rings. The molecule has 0 spiro atoms. The summed E-state index contributed by atoms with van der Waals surface area (Å²) in [6.07, 6.45) is 6.70. The van der Waals surface area contributed by atoms with Gasteiger partial charge in [-0.1, -0.05) is 49.7 Å². The Bertz CT molecular complexity index is 1150. The zero-order chi connectivity index (χ0) is 28.9. The molecule has 0 radical (unpaired) electrons. The van der Waals surface area contributed by atoms with E-state index < -0.39 is 18.0 Å². The van der Waals surface area contributed by atoms with Crippen molar-refractivity contribution in [3.8, 4) is 0 Å². The Morgan fingerprint density at radius 2 is 1.72 bits per heavy atom. The maximum absolute atomic E-state index is 12.7. The largest absolute Gasteiger partial charge is 0.478 e. The van der Waals surface area contributed by atoms with Crippen LogP contribution in [0.25, 0.3) is 0 Å². The Morgan fingerprint density at radius 1 is 1.05 bits per heavy atom. The van der Waals surface area contributed by atoms with Gasteiger partial charge in [-0.3, -0.25) is 4.79 Å². The molecule has 0 bridgehead atoms. The normalized spacial score (nSPS) is 42.8. The minimum absolute atomic E-state index is 0.0195. The van der Waals surface area contributed by atoms with E-state index in [1.165, 1.54) is 6.92 Å². The number of ether oxygens (including phenoxy) is 1. The van der Waals surface area contributed by atoms with E-state index in [4.69, 9.17) is 4.74 Å². The van der Waals surface area contributed by atoms with Crippen LogP contribution in [0.5, 0.6) is 0 Å². The second-order valence-electron chi connectivity index (χ2n) is 13.5. The van der Waals surface area contributed by atoms with Gasteiger partial charge in [0.05, 0.1) is 11.4 Å². The molecule has 0 heterocycles. The lowest BCUT2D eigenvalue weighted by Gasteiger charge is -2.67. The second-order valence-corrected chi connectivity index (χ2v) is 13.5. The third-order valence-electron chi connectivity index (χ3n) is 11.4. The van der Waals surface area contributed by atoms with Crippen molar-refractivity contribution in [1.82, 2.24) is 0 Å². The number of carbonyl (C=O) groups is 2. The Labute approximate surface area is 232 Å². The van der Waals surface area contributed by atoms with Crippen LogP contribution < -0.4 is 0 Å². The van der Waals surface area contributed by atoms with Crippen LogP contribution in [0.3, 0.4) is 0 Å². The fraction of sp³-hybridized carbons (Fsp3) is 0.742. The molecule has 0 aliphatic heterocycles. The number of carboxylic acid groups (broad SMARTS) is 1. The van der Waals surface area contributed by atoms with E-state index in [1.54, 1.807) is 0 Å². The van der Waals surface area contributed by atoms with E-state index in [1.807, 2.05) is 19.9 Å². The molecule has 8 nitrogen and oxygen atoms in total. The summed E-state index contributed by atoms with van der Waals surface area (Å²) >= 11 is 0. The first-order valence-corrected chi connectivity index (χ1v) is 14.4. The summed E-state index contributed by atoms with van der Waals surface area (Å²) in [4.78, 5) is 25.0. The quantitative estimate of drug-likeness (QED) is 0.118. The van der Waals surface area contributed by atoms with Gasteiger partial charge in [-0.25, -0.2) is 4.79 Å². The molecule has 3 N–H and O–H groups in total. The SMILES string of the molecule is CC(=O)O[C@H]1C[C@@]2(C)[C@H](CC(=NO)[C@@H]3[C@@]4(C)CCC(=NO)[C@@H](C)C4CC[C@@]32C)/C1=C(\CCC=C(C)C)C(=O)O. The zero-order valence-electron chi connectivity index (χ0n) is 24.6. The van der Waals surface area contributed by atoms with Crippen LogP contribution in [0.2, 0.25) is 0 Å². The number of hydrogen-bond donors (Lipinski definition) is 3. The van der Waals surface area contributed by atoms with Gasteiger partial charge in [-0.05, 0) is 98.9 Å². The lowest BCUT2D eigenvalue weighted by atomic mass is 9.36. The highest BCUT2D eigenvalue weighted by Crippen LogP contribution is 2.73. The van der Waals surface area contributed by atoms with E-state index in [0.717, 1.165) is 36.3 Å². The van der Waals surface area contributed by atoms with Crippen LogP contribution in [0.1, 0.15) is 99.8 Å². The summed E-state index contributed by atoms with van der Waals surface area (Å²) in [7, 11) is 0. The minimum Gasteiger partial charge on any atom is -0.478 e. The summed E-state index contributed by atoms with van der Waals surface area (Å²) in [5.41, 5.74) is 2.87. The van der Waals surface area contributed by atoms with E-state index >= 15 is 0 Å². The number of esters is 1. The van der Waals surface area contributed by atoms with Gasteiger partial charge in [0.25, 0.3) is 0 Å². The monoisotopic (exact) mass is 542 g/mol. The van der Waals surface area contributed by atoms with E-state index in [-0.39, 0.29) is 39.9 Å². The maximum atomic E-state index is 12.7. The third-order valence-corrected chi connectivity index (χ3v) is 11.4. The van der Waals surface area contributed by atoms with E-state index in [9.17, 15) is 25.1 Å². The van der Waals surface area contributed by atoms with Crippen LogP contribution in [0.15, 0.2) is 33.1 Å². The van der Waals surface area contributed by atoms with Gasteiger partial charge in [-0.2, -0.15) is 0 Å². The molecule has 8 atom stereocenters. The van der Waals surface area contributed by atoms with Gasteiger partial charge in [-0.15, -0.1) is 0 Å². The van der Waals surface area contributed by atoms with Gasteiger partial charge in [0, 0.05) is 24.3 Å². The van der Waals surface area contributed by atoms with Crippen molar-refractivity contribution in [3.63, 3.8) is 0 Å². The second kappa shape index (κ2) is 10.4. The summed E-state index contributed by atoms with van der Waals surface area (Å²) in [6.45, 7) is 14.3. The Balaban J connectivity index is 1.87. The van der Waals surface area contributed by atoms with Crippen molar-refractivity contribution in [2.24, 2.45) is 50.2 Å². The van der Waals surface area contributed by atoms with E-state index in [2.05, 4.69) is 38.0 Å². The average Bonchev–Trinajstić information content (AvgIpc) is 3.12. The molecule has 8 heteroatoms. The third kappa shape index (κ3) is 4.51. The van der Waals surface area contributed by atoms with Gasteiger partial charge >= 0.3 is 11.9 Å². The summed E-state index contributed by atoms with van der Waals surface area (Å²) in [6, 6.07) is 0. The molecular formula is C31H46N2O6. The minimum atomic E-state index is -0.976. The Morgan fingerprint density at radius 3 is 2.28 bits per heavy atom. The summed E-state index contributed by atoms with van der Waals surface area (Å²) in [5, 5.41) is 38.0. The van der Waals surface area contributed by atoms with Crippen molar-refractivity contribution in [2.45, 2.75) is 106 Å². The van der Waals surface area contributed by atoms with Gasteiger partial charge in [0.1, 0.15) is 6.10 Å². The number of carbonyl (C=O) groups excluding carboxylic acids is 1. The van der Waals surface area contributed by atoms with Crippen LogP contribution >= 0.6 is 0 Å². The Kier molecular flexibility index (Phi) is 7.82. The smallest absolute Gasteiger partial charge is 0.331 e. The first-order valence-electron chi connectivity index (χ1n) is 14.4. The number of nitrogens with zero attached hydrogens (tertiary/aromatic N) is 2. The molecular weight excluding hydrogens is 496 g/mol. The van der Waals surface area contributed by atoms with Crippen molar-refractivity contribution in [2.75, 3.05) is 0 Å². The number of oxime groups is 2. The molecule has 4 aliphatic rings. The van der Waals surface area contributed by atoms with Crippen LogP contribution in [0.4, 0.5) is 0 Å². The average molecular weight is 543 g/mol. The molecule has 216 valence electrons. The number of carboxylic acids is 1. The molecule has 1 unspecified atom stereocenters. The molecule has 4 aliphatic carbocycles. The Hall–Kier alpha value is -2.64. The topological polar surface area (TPSA) is 129 Å². The van der Waals surface area contributed by atoms with E-state index in [0.29, 0.717) is 43.3 Å². The zero-order valence-corrected chi connectivity index (χ0v) is 24.6. The van der Waals surface area contributed by atoms with Gasteiger partial charge in [0.2, 0.25) is 0 Å². The van der Waals surface area contributed by atoms with Crippen molar-refractivity contribution < 1.29 is 29.8 Å². The van der Waals surface area contributed by atoms with Crippen LogP contribution in [-0.4, -0.2) is 45.0 Å². The fourth-order valence-electron chi connectivity index (χ4n) is 9.57. The number of fused-ring (bicyclic) bond motifs is 5. The van der Waals surface area contributed by atoms with Gasteiger partial charge in [0.15, 0.2) is 0 Å². The highest BCUT2D eigenvalue weighted by atomic mass is 16.5. The summed E-state index contributed by atoms with van der Waals surface area (Å²) in [5.74, 6) is -1.21. The van der Waals surface area contributed by atoms with Crippen molar-refractivity contribution in [3.05, 3.63) is 22.8 Å². The molecule has 39 heavy (non-hydrogen) atoms. The first-order chi connectivity index (χ1) is 18.2. The molecule has 0 aromatic carbocycles. The molecule has 4 saturated carbocycles. The number of allylic oxidation sites excluding steroid dienone is 2. The lowest BCUT2D eigenvalue weighted by molar-refractivity contribution is -0.149. The highest BCUT2D eigenvalue weighted by molar-refractivity contribution is 5.93. The maximum Gasteiger partial charge on any atom is 0.331 e. The number of rotatable bonds is 5. The number of aliphatic carboxylic acids is 1. The predicted molar refractivity (Wildman–Crippen MR) is 149 cm³/mol. The molecule has 0 aromatic rings. The highest BCUT2D eigenvalue weighted by Gasteiger charge is 2.70.